The highest BCUT2D eigenvalue weighted by molar-refractivity contribution is 5.41. The van der Waals surface area contributed by atoms with E-state index in [9.17, 15) is 0 Å². The number of rotatable bonds is 5. The lowest BCUT2D eigenvalue weighted by Crippen LogP contribution is -2.36. The van der Waals surface area contributed by atoms with Gasteiger partial charge in [0.1, 0.15) is 0 Å². The van der Waals surface area contributed by atoms with Gasteiger partial charge in [0.25, 0.3) is 0 Å². The van der Waals surface area contributed by atoms with Crippen molar-refractivity contribution in [2.24, 2.45) is 11.8 Å². The van der Waals surface area contributed by atoms with E-state index >= 15 is 0 Å². The summed E-state index contributed by atoms with van der Waals surface area (Å²) in [5.74, 6) is 1.36. The Kier molecular flexibility index (Phi) is 4.62. The van der Waals surface area contributed by atoms with Crippen LogP contribution in [0, 0.1) is 11.8 Å². The molecule has 2 N–H and O–H groups in total. The Labute approximate surface area is 106 Å². The third-order valence-electron chi connectivity index (χ3n) is 4.80. The molecule has 0 saturated carbocycles. The number of nitrogen functional groups attached to an aromatic ring is 1. The summed E-state index contributed by atoms with van der Waals surface area (Å²) in [4.78, 5) is 0. The van der Waals surface area contributed by atoms with Gasteiger partial charge in [0.15, 0.2) is 0 Å². The molecule has 0 fully saturated rings. The minimum atomic E-state index is 0.247. The Bertz CT molecular complexity index is 329. The van der Waals surface area contributed by atoms with Crippen LogP contribution in [0.5, 0.6) is 0 Å². The summed E-state index contributed by atoms with van der Waals surface area (Å²) in [5.41, 5.74) is 8.31. The summed E-state index contributed by atoms with van der Waals surface area (Å²) in [6, 6.07) is 8.46. The zero-order valence-corrected chi connectivity index (χ0v) is 12.0. The van der Waals surface area contributed by atoms with Crippen LogP contribution in [0.4, 0.5) is 5.69 Å². The van der Waals surface area contributed by atoms with Crippen molar-refractivity contribution >= 4 is 5.69 Å². The number of nitrogens with two attached hydrogens (primary N) is 1. The summed E-state index contributed by atoms with van der Waals surface area (Å²) in [6.07, 6.45) is 2.43. The molecule has 0 aliphatic carbocycles. The highest BCUT2D eigenvalue weighted by atomic mass is 14.5. The Morgan fingerprint density at radius 1 is 1.00 bits per heavy atom. The summed E-state index contributed by atoms with van der Waals surface area (Å²) in [7, 11) is 0. The SMILES string of the molecule is CCC(C)C(C)(c1ccc(N)cc1)C(C)CC. The molecule has 0 amide bonds. The highest BCUT2D eigenvalue weighted by Crippen LogP contribution is 2.42. The molecule has 0 heterocycles. The molecule has 0 aliphatic rings. The molecule has 1 rings (SSSR count). The van der Waals surface area contributed by atoms with Crippen LogP contribution in [-0.2, 0) is 5.41 Å². The van der Waals surface area contributed by atoms with Crippen molar-refractivity contribution in [3.63, 3.8) is 0 Å². The van der Waals surface area contributed by atoms with E-state index in [1.54, 1.807) is 0 Å². The van der Waals surface area contributed by atoms with Gasteiger partial charge < -0.3 is 5.73 Å². The van der Waals surface area contributed by atoms with Gasteiger partial charge in [0.2, 0.25) is 0 Å². The van der Waals surface area contributed by atoms with Crippen LogP contribution in [0.15, 0.2) is 24.3 Å². The van der Waals surface area contributed by atoms with E-state index in [0.717, 1.165) is 5.69 Å². The van der Waals surface area contributed by atoms with Crippen molar-refractivity contribution in [2.45, 2.75) is 52.9 Å². The maximum Gasteiger partial charge on any atom is 0.0314 e. The van der Waals surface area contributed by atoms with Gasteiger partial charge in [-0.2, -0.15) is 0 Å². The topological polar surface area (TPSA) is 26.0 Å². The normalized spacial score (nSPS) is 18.4. The van der Waals surface area contributed by atoms with E-state index in [-0.39, 0.29) is 5.41 Å². The van der Waals surface area contributed by atoms with Gasteiger partial charge in [-0.25, -0.2) is 0 Å². The van der Waals surface area contributed by atoms with Crippen LogP contribution >= 0.6 is 0 Å². The minimum absolute atomic E-state index is 0.247. The van der Waals surface area contributed by atoms with E-state index in [1.165, 1.54) is 18.4 Å². The van der Waals surface area contributed by atoms with Crippen molar-refractivity contribution < 1.29 is 0 Å². The summed E-state index contributed by atoms with van der Waals surface area (Å²) < 4.78 is 0. The van der Waals surface area contributed by atoms with Gasteiger partial charge in [0.05, 0.1) is 0 Å². The average Bonchev–Trinajstić information content (AvgIpc) is 2.36. The molecule has 1 aromatic carbocycles. The zero-order valence-electron chi connectivity index (χ0n) is 12.0. The van der Waals surface area contributed by atoms with Crippen LogP contribution in [0.3, 0.4) is 0 Å². The first-order valence-corrected chi connectivity index (χ1v) is 6.82. The fourth-order valence-electron chi connectivity index (χ4n) is 2.75. The van der Waals surface area contributed by atoms with Gasteiger partial charge in [-0.3, -0.25) is 0 Å². The Morgan fingerprint density at radius 3 is 1.76 bits per heavy atom. The molecular weight excluding hydrogens is 206 g/mol. The second-order valence-electron chi connectivity index (χ2n) is 5.52. The molecule has 1 heteroatoms. The number of hydrogen-bond donors (Lipinski definition) is 1. The van der Waals surface area contributed by atoms with E-state index in [2.05, 4.69) is 46.8 Å². The lowest BCUT2D eigenvalue weighted by atomic mass is 9.63. The molecule has 1 nitrogen and oxygen atoms in total. The first kappa shape index (κ1) is 14.1. The lowest BCUT2D eigenvalue weighted by molar-refractivity contribution is 0.204. The molecule has 17 heavy (non-hydrogen) atoms. The van der Waals surface area contributed by atoms with Crippen LogP contribution in [0.25, 0.3) is 0 Å². The smallest absolute Gasteiger partial charge is 0.0314 e. The van der Waals surface area contributed by atoms with Crippen molar-refractivity contribution in [1.29, 1.82) is 0 Å². The van der Waals surface area contributed by atoms with Gasteiger partial charge >= 0.3 is 0 Å². The molecule has 96 valence electrons. The van der Waals surface area contributed by atoms with Gasteiger partial charge in [-0.1, -0.05) is 59.6 Å². The molecule has 2 unspecified atom stereocenters. The van der Waals surface area contributed by atoms with E-state index in [1.807, 2.05) is 12.1 Å². The first-order valence-electron chi connectivity index (χ1n) is 6.82. The van der Waals surface area contributed by atoms with Gasteiger partial charge in [0, 0.05) is 5.69 Å². The number of hydrogen-bond acceptors (Lipinski definition) is 1. The standard InChI is InChI=1S/C16H27N/c1-6-12(3)16(5,13(4)7-2)14-8-10-15(17)11-9-14/h8-13H,6-7,17H2,1-5H3. The zero-order chi connectivity index (χ0) is 13.1. The molecular formula is C16H27N. The van der Waals surface area contributed by atoms with Gasteiger partial charge in [-0.05, 0) is 34.9 Å². The third-order valence-corrected chi connectivity index (χ3v) is 4.80. The predicted molar refractivity (Wildman–Crippen MR) is 77.1 cm³/mol. The molecule has 0 aliphatic heterocycles. The third kappa shape index (κ3) is 2.65. The Hall–Kier alpha value is -0.980. The van der Waals surface area contributed by atoms with E-state index < -0.39 is 0 Å². The fourth-order valence-corrected chi connectivity index (χ4v) is 2.75. The molecule has 2 atom stereocenters. The Morgan fingerprint density at radius 2 is 1.41 bits per heavy atom. The molecule has 0 spiro atoms. The fraction of sp³-hybridized carbons (Fsp3) is 0.625. The van der Waals surface area contributed by atoms with Crippen LogP contribution in [0.2, 0.25) is 0 Å². The summed E-state index contributed by atoms with van der Waals surface area (Å²) in [5, 5.41) is 0. The van der Waals surface area contributed by atoms with E-state index in [4.69, 9.17) is 5.73 Å². The predicted octanol–water partition coefficient (Wildman–Crippen LogP) is 4.62. The second-order valence-corrected chi connectivity index (χ2v) is 5.52. The van der Waals surface area contributed by atoms with E-state index in [0.29, 0.717) is 11.8 Å². The lowest BCUT2D eigenvalue weighted by Gasteiger charge is -2.41. The maximum absolute atomic E-state index is 5.79. The molecule has 0 aromatic heterocycles. The Balaban J connectivity index is 3.18. The number of anilines is 1. The first-order chi connectivity index (χ1) is 7.96. The molecule has 0 bridgehead atoms. The highest BCUT2D eigenvalue weighted by Gasteiger charge is 2.36. The monoisotopic (exact) mass is 233 g/mol. The van der Waals surface area contributed by atoms with Crippen molar-refractivity contribution in [1.82, 2.24) is 0 Å². The quantitative estimate of drug-likeness (QED) is 0.738. The number of benzene rings is 1. The average molecular weight is 233 g/mol. The van der Waals surface area contributed by atoms with Crippen LogP contribution < -0.4 is 5.73 Å². The summed E-state index contributed by atoms with van der Waals surface area (Å²) in [6.45, 7) is 11.7. The molecule has 0 radical (unpaired) electrons. The van der Waals surface area contributed by atoms with Crippen molar-refractivity contribution in [2.75, 3.05) is 5.73 Å². The van der Waals surface area contributed by atoms with Crippen molar-refractivity contribution in [3.8, 4) is 0 Å². The summed E-state index contributed by atoms with van der Waals surface area (Å²) >= 11 is 0. The molecule has 1 aromatic rings. The van der Waals surface area contributed by atoms with Crippen molar-refractivity contribution in [3.05, 3.63) is 29.8 Å². The minimum Gasteiger partial charge on any atom is -0.399 e. The van der Waals surface area contributed by atoms with Gasteiger partial charge in [-0.15, -0.1) is 0 Å². The molecule has 0 saturated heterocycles. The largest absolute Gasteiger partial charge is 0.399 e. The van der Waals surface area contributed by atoms with Crippen LogP contribution in [0.1, 0.15) is 53.0 Å². The second kappa shape index (κ2) is 5.57. The maximum atomic E-state index is 5.79. The van der Waals surface area contributed by atoms with Crippen LogP contribution in [-0.4, -0.2) is 0 Å².